The molecule has 0 rings (SSSR count). The van der Waals surface area contributed by atoms with Crippen LogP contribution in [0.15, 0.2) is 0 Å². The summed E-state index contributed by atoms with van der Waals surface area (Å²) in [6, 6.07) is 0. The standard InChI is InChI=1S/C2HCl3O2.H3N.H2O/c3-2(4,5)1(6)7;;/h(H,6,7);1H3;1H2. The zero-order chi connectivity index (χ0) is 6.08. The van der Waals surface area contributed by atoms with E-state index in [1.807, 2.05) is 0 Å². The molecule has 9 heavy (non-hydrogen) atoms. The maximum atomic E-state index is 9.62. The van der Waals surface area contributed by atoms with E-state index in [9.17, 15) is 4.79 Å². The predicted octanol–water partition coefficient (Wildman–Crippen LogP) is 0.778. The molecule has 58 valence electrons. The summed E-state index contributed by atoms with van der Waals surface area (Å²) in [4.78, 5) is 9.62. The van der Waals surface area contributed by atoms with Crippen molar-refractivity contribution in [1.82, 2.24) is 6.15 Å². The maximum absolute atomic E-state index is 9.62. The second-order valence-corrected chi connectivity index (χ2v) is 3.08. The molecular weight excluding hydrogens is 192 g/mol. The van der Waals surface area contributed by atoms with Crippen LogP contribution in [0.5, 0.6) is 0 Å². The fourth-order valence-corrected chi connectivity index (χ4v) is 0. The molecule has 0 saturated carbocycles. The highest BCUT2D eigenvalue weighted by Gasteiger charge is 2.29. The van der Waals surface area contributed by atoms with Gasteiger partial charge in [-0.15, -0.1) is 0 Å². The van der Waals surface area contributed by atoms with Crippen LogP contribution in [0.3, 0.4) is 0 Å². The van der Waals surface area contributed by atoms with Crippen molar-refractivity contribution in [3.63, 3.8) is 0 Å². The van der Waals surface area contributed by atoms with Gasteiger partial charge in [-0.1, -0.05) is 34.8 Å². The van der Waals surface area contributed by atoms with Gasteiger partial charge in [-0.25, -0.2) is 4.79 Å². The molecule has 0 aromatic carbocycles. The van der Waals surface area contributed by atoms with Gasteiger partial charge in [0, 0.05) is 0 Å². The molecule has 0 fully saturated rings. The van der Waals surface area contributed by atoms with Gasteiger partial charge >= 0.3 is 5.97 Å². The molecule has 6 N–H and O–H groups in total. The summed E-state index contributed by atoms with van der Waals surface area (Å²) in [6.07, 6.45) is 0. The molecule has 0 aromatic heterocycles. The minimum absolute atomic E-state index is 0. The summed E-state index contributed by atoms with van der Waals surface area (Å²) in [5.41, 5.74) is 0. The molecule has 0 aliphatic carbocycles. The number of hydrogen-bond donors (Lipinski definition) is 2. The lowest BCUT2D eigenvalue weighted by atomic mass is 10.8. The Labute approximate surface area is 66.6 Å². The van der Waals surface area contributed by atoms with E-state index < -0.39 is 9.76 Å². The molecule has 4 nitrogen and oxygen atoms in total. The molecule has 0 bridgehead atoms. The summed E-state index contributed by atoms with van der Waals surface area (Å²) in [5.74, 6) is -1.46. The van der Waals surface area contributed by atoms with Crippen LogP contribution >= 0.6 is 34.8 Å². The zero-order valence-electron chi connectivity index (χ0n) is 4.20. The predicted molar refractivity (Wildman–Crippen MR) is 36.6 cm³/mol. The van der Waals surface area contributed by atoms with Crippen molar-refractivity contribution in [2.24, 2.45) is 0 Å². The van der Waals surface area contributed by atoms with Crippen LogP contribution < -0.4 is 6.15 Å². The topological polar surface area (TPSA) is 104 Å². The first-order valence-corrected chi connectivity index (χ1v) is 2.38. The molecule has 0 amide bonds. The van der Waals surface area contributed by atoms with Crippen LogP contribution in [0.4, 0.5) is 0 Å². The zero-order valence-corrected chi connectivity index (χ0v) is 6.46. The van der Waals surface area contributed by atoms with Crippen LogP contribution in [0, 0.1) is 0 Å². The third-order valence-electron chi connectivity index (χ3n) is 0.243. The second kappa shape index (κ2) is 5.08. The summed E-state index contributed by atoms with van der Waals surface area (Å²) in [5, 5.41) is 7.85. The van der Waals surface area contributed by atoms with Crippen LogP contribution in [0.1, 0.15) is 0 Å². The largest absolute Gasteiger partial charge is 0.478 e. The molecule has 0 radical (unpaired) electrons. The van der Waals surface area contributed by atoms with Gasteiger partial charge in [-0.05, 0) is 0 Å². The van der Waals surface area contributed by atoms with Crippen LogP contribution in [0.25, 0.3) is 0 Å². The second-order valence-electron chi connectivity index (χ2n) is 0.803. The lowest BCUT2D eigenvalue weighted by molar-refractivity contribution is -0.135. The monoisotopic (exact) mass is 197 g/mol. The van der Waals surface area contributed by atoms with Gasteiger partial charge in [0.15, 0.2) is 0 Å². The smallest absolute Gasteiger partial charge is 0.356 e. The van der Waals surface area contributed by atoms with E-state index in [2.05, 4.69) is 0 Å². The van der Waals surface area contributed by atoms with Gasteiger partial charge in [-0.2, -0.15) is 0 Å². The van der Waals surface area contributed by atoms with Gasteiger partial charge in [0.05, 0.1) is 0 Å². The lowest BCUT2D eigenvalue weighted by Crippen LogP contribution is -2.16. The molecule has 0 aliphatic heterocycles. The van der Waals surface area contributed by atoms with E-state index in [0.29, 0.717) is 0 Å². The van der Waals surface area contributed by atoms with Gasteiger partial charge in [-0.3, -0.25) is 0 Å². The van der Waals surface area contributed by atoms with E-state index in [1.165, 1.54) is 0 Å². The molecule has 0 spiro atoms. The molecule has 0 unspecified atom stereocenters. The molecule has 0 atom stereocenters. The number of rotatable bonds is 0. The molecule has 0 saturated heterocycles. The van der Waals surface area contributed by atoms with Crippen molar-refractivity contribution in [3.05, 3.63) is 0 Å². The van der Waals surface area contributed by atoms with Gasteiger partial charge < -0.3 is 16.7 Å². The Kier molecular flexibility index (Phi) is 9.10. The molecule has 0 heterocycles. The van der Waals surface area contributed by atoms with Gasteiger partial charge in [0.2, 0.25) is 0 Å². The number of carbonyl (C=O) groups is 1. The van der Waals surface area contributed by atoms with Crippen molar-refractivity contribution in [2.75, 3.05) is 0 Å². The van der Waals surface area contributed by atoms with Crippen molar-refractivity contribution in [3.8, 4) is 0 Å². The van der Waals surface area contributed by atoms with Gasteiger partial charge in [0.1, 0.15) is 0 Å². The fraction of sp³-hybridized carbons (Fsp3) is 0.500. The number of carboxylic acids is 1. The highest BCUT2D eigenvalue weighted by molar-refractivity contribution is 6.75. The Hall–Kier alpha value is 0.260. The Balaban J connectivity index is -0.000000180. The Morgan fingerprint density at radius 1 is 1.33 bits per heavy atom. The van der Waals surface area contributed by atoms with Crippen molar-refractivity contribution >= 4 is 40.8 Å². The summed E-state index contributed by atoms with van der Waals surface area (Å²) < 4.78 is -2.17. The molecular formula is C2H6Cl3NO3. The first kappa shape index (κ1) is 16.1. The van der Waals surface area contributed by atoms with Crippen LogP contribution in [0.2, 0.25) is 0 Å². The van der Waals surface area contributed by atoms with Crippen molar-refractivity contribution in [2.45, 2.75) is 3.79 Å². The summed E-state index contributed by atoms with van der Waals surface area (Å²) in [7, 11) is 0. The summed E-state index contributed by atoms with van der Waals surface area (Å²) in [6.45, 7) is 0. The fourth-order valence-electron chi connectivity index (χ4n) is 0. The lowest BCUT2D eigenvalue weighted by Gasteiger charge is -1.99. The van der Waals surface area contributed by atoms with Gasteiger partial charge in [0.25, 0.3) is 3.79 Å². The van der Waals surface area contributed by atoms with Crippen molar-refractivity contribution < 1.29 is 15.4 Å². The average molecular weight is 198 g/mol. The number of halogens is 3. The van der Waals surface area contributed by atoms with E-state index >= 15 is 0 Å². The Morgan fingerprint density at radius 2 is 1.44 bits per heavy atom. The minimum Gasteiger partial charge on any atom is -0.478 e. The van der Waals surface area contributed by atoms with Crippen molar-refractivity contribution in [1.29, 1.82) is 0 Å². The molecule has 0 aliphatic rings. The van der Waals surface area contributed by atoms with E-state index in [-0.39, 0.29) is 11.6 Å². The van der Waals surface area contributed by atoms with E-state index in [4.69, 9.17) is 39.9 Å². The maximum Gasteiger partial charge on any atom is 0.356 e. The Bertz CT molecular complexity index is 89.5. The third-order valence-corrected chi connectivity index (χ3v) is 0.728. The first-order chi connectivity index (χ1) is 2.94. The normalized spacial score (nSPS) is 8.78. The molecule has 7 heteroatoms. The number of carboxylic acid groups (broad SMARTS) is 1. The highest BCUT2D eigenvalue weighted by Crippen LogP contribution is 2.25. The highest BCUT2D eigenvalue weighted by atomic mass is 35.6. The quantitative estimate of drug-likeness (QED) is 0.562. The van der Waals surface area contributed by atoms with Crippen LogP contribution in [-0.2, 0) is 4.79 Å². The van der Waals surface area contributed by atoms with E-state index in [0.717, 1.165) is 0 Å². The minimum atomic E-state index is -2.17. The van der Waals surface area contributed by atoms with Crippen LogP contribution in [-0.4, -0.2) is 20.3 Å². The number of alkyl halides is 3. The number of aliphatic carboxylic acids is 1. The van der Waals surface area contributed by atoms with E-state index in [1.54, 1.807) is 0 Å². The third kappa shape index (κ3) is 8.26. The average Bonchev–Trinajstić information content (AvgIpc) is 1.31. The Morgan fingerprint density at radius 3 is 1.44 bits per heavy atom. The molecule has 0 aromatic rings. The SMILES string of the molecule is N.O.O=C(O)C(Cl)(Cl)Cl. The first-order valence-electron chi connectivity index (χ1n) is 1.24. The number of hydrogen-bond acceptors (Lipinski definition) is 2. The summed E-state index contributed by atoms with van der Waals surface area (Å²) >= 11 is 14.4.